The molecule has 2 aliphatic heterocycles. The van der Waals surface area contributed by atoms with Crippen LogP contribution in [0.4, 0.5) is 0 Å². The van der Waals surface area contributed by atoms with Gasteiger partial charge in [-0.2, -0.15) is 0 Å². The summed E-state index contributed by atoms with van der Waals surface area (Å²) < 4.78 is 17.7. The lowest BCUT2D eigenvalue weighted by Gasteiger charge is -2.49. The molecule has 0 N–H and O–H groups in total. The number of hydrogen-bond donors (Lipinski definition) is 0. The second-order valence-electron chi connectivity index (χ2n) is 6.97. The number of piperidine rings is 1. The first-order valence-electron chi connectivity index (χ1n) is 8.61. The van der Waals surface area contributed by atoms with Gasteiger partial charge >= 0.3 is 0 Å². The third-order valence-corrected chi connectivity index (χ3v) is 6.00. The van der Waals surface area contributed by atoms with E-state index < -0.39 is 0 Å². The molecule has 128 valence electrons. The molecule has 2 heterocycles. The van der Waals surface area contributed by atoms with Gasteiger partial charge in [0.2, 0.25) is 0 Å². The maximum absolute atomic E-state index is 6.41. The first-order valence-corrected chi connectivity index (χ1v) is 8.61. The van der Waals surface area contributed by atoms with Crippen molar-refractivity contribution in [2.75, 3.05) is 27.8 Å². The average Bonchev–Trinajstić information content (AvgIpc) is 2.89. The zero-order valence-electron chi connectivity index (χ0n) is 14.7. The second-order valence-corrected chi connectivity index (χ2v) is 6.97. The Morgan fingerprint density at radius 3 is 2.88 bits per heavy atom. The van der Waals surface area contributed by atoms with Crippen molar-refractivity contribution >= 4 is 0 Å². The maximum Gasteiger partial charge on any atom is 0.169 e. The molecule has 1 spiro atoms. The topological polar surface area (TPSA) is 30.9 Å². The smallest absolute Gasteiger partial charge is 0.169 e. The first kappa shape index (κ1) is 15.6. The van der Waals surface area contributed by atoms with Gasteiger partial charge in [-0.05, 0) is 50.6 Å². The van der Waals surface area contributed by atoms with Gasteiger partial charge in [0.25, 0.3) is 0 Å². The number of likely N-dealkylation sites (tertiary alicyclic amines) is 1. The van der Waals surface area contributed by atoms with Crippen LogP contribution in [0.2, 0.25) is 0 Å². The second kappa shape index (κ2) is 5.55. The molecule has 0 amide bonds. The summed E-state index contributed by atoms with van der Waals surface area (Å²) in [5.74, 6) is 2.41. The molecule has 2 saturated heterocycles. The van der Waals surface area contributed by atoms with Crippen LogP contribution in [0.5, 0.6) is 0 Å². The fourth-order valence-corrected chi connectivity index (χ4v) is 4.70. The Kier molecular flexibility index (Phi) is 3.61. The molecular weight excluding hydrogens is 302 g/mol. The Labute approximate surface area is 143 Å². The van der Waals surface area contributed by atoms with E-state index in [0.717, 1.165) is 48.7 Å². The minimum absolute atomic E-state index is 0.141. The van der Waals surface area contributed by atoms with Gasteiger partial charge < -0.3 is 14.2 Å². The number of hydrogen-bond acceptors (Lipinski definition) is 4. The summed E-state index contributed by atoms with van der Waals surface area (Å²) >= 11 is 0. The van der Waals surface area contributed by atoms with E-state index in [0.29, 0.717) is 6.04 Å². The average molecular weight is 327 g/mol. The first-order chi connectivity index (χ1) is 11.6. The van der Waals surface area contributed by atoms with Gasteiger partial charge in [-0.3, -0.25) is 4.90 Å². The van der Waals surface area contributed by atoms with E-state index in [4.69, 9.17) is 14.2 Å². The maximum atomic E-state index is 6.41. The molecule has 0 radical (unpaired) electrons. The largest absolute Gasteiger partial charge is 0.497 e. The Hall–Kier alpha value is -1.94. The van der Waals surface area contributed by atoms with Crippen molar-refractivity contribution in [3.8, 4) is 0 Å². The van der Waals surface area contributed by atoms with Crippen molar-refractivity contribution in [3.05, 3.63) is 59.3 Å². The van der Waals surface area contributed by atoms with Gasteiger partial charge in [-0.25, -0.2) is 0 Å². The number of allylic oxidation sites excluding steroid dienone is 5. The van der Waals surface area contributed by atoms with Crippen molar-refractivity contribution in [2.24, 2.45) is 5.41 Å². The number of ether oxygens (including phenoxy) is 3. The van der Waals surface area contributed by atoms with E-state index in [-0.39, 0.29) is 11.5 Å². The van der Waals surface area contributed by atoms with Crippen molar-refractivity contribution in [2.45, 2.75) is 31.4 Å². The van der Waals surface area contributed by atoms with Crippen LogP contribution < -0.4 is 0 Å². The molecule has 4 nitrogen and oxygen atoms in total. The van der Waals surface area contributed by atoms with Crippen LogP contribution in [0, 0.1) is 5.41 Å². The van der Waals surface area contributed by atoms with Crippen molar-refractivity contribution in [1.29, 1.82) is 0 Å². The lowest BCUT2D eigenvalue weighted by molar-refractivity contribution is 0.0337. The molecule has 3 bridgehead atoms. The molecule has 0 aromatic carbocycles. The highest BCUT2D eigenvalue weighted by atomic mass is 16.6. The highest BCUT2D eigenvalue weighted by Gasteiger charge is 2.59. The molecule has 0 aromatic rings. The van der Waals surface area contributed by atoms with Crippen molar-refractivity contribution < 1.29 is 14.2 Å². The number of likely N-dealkylation sites (N-methyl/N-ethyl adjacent to an activating group) is 1. The normalized spacial score (nSPS) is 39.5. The van der Waals surface area contributed by atoms with Gasteiger partial charge in [0.1, 0.15) is 5.76 Å². The Morgan fingerprint density at radius 1 is 1.29 bits per heavy atom. The molecule has 4 aliphatic rings. The minimum Gasteiger partial charge on any atom is -0.497 e. The van der Waals surface area contributed by atoms with Gasteiger partial charge in [0, 0.05) is 11.6 Å². The van der Waals surface area contributed by atoms with Crippen LogP contribution in [-0.2, 0) is 14.2 Å². The molecule has 24 heavy (non-hydrogen) atoms. The molecule has 0 aromatic heterocycles. The fourth-order valence-electron chi connectivity index (χ4n) is 4.70. The van der Waals surface area contributed by atoms with E-state index in [1.165, 1.54) is 5.57 Å². The standard InChI is InChI=1S/C20H25NO3/c1-13-18-16(22-3)8-6-5-7-15-14-9-10-17(23-4)19(24-18)20(13,14)11-12-21(15)2/h6,8-10,15,19H,1,5,7,11-12H2,2-4H3/b8-6-,18-16-/t15?,19-,20+/m0/s1. The summed E-state index contributed by atoms with van der Waals surface area (Å²) in [6.07, 6.45) is 11.5. The van der Waals surface area contributed by atoms with Crippen molar-refractivity contribution in [1.82, 2.24) is 4.90 Å². The Morgan fingerprint density at radius 2 is 2.12 bits per heavy atom. The number of nitrogens with zero attached hydrogens (tertiary/aromatic N) is 1. The Bertz CT molecular complexity index is 700. The highest BCUT2D eigenvalue weighted by molar-refractivity contribution is 5.54. The zero-order chi connectivity index (χ0) is 16.9. The molecule has 0 saturated carbocycles. The summed E-state index contributed by atoms with van der Waals surface area (Å²) in [5.41, 5.74) is 2.23. The number of rotatable bonds is 2. The number of fused-ring (bicyclic) bond motifs is 1. The lowest BCUT2D eigenvalue weighted by Crippen LogP contribution is -2.52. The Balaban J connectivity index is 1.96. The molecule has 4 rings (SSSR count). The summed E-state index contributed by atoms with van der Waals surface area (Å²) in [6, 6.07) is 0.407. The van der Waals surface area contributed by atoms with Crippen LogP contribution >= 0.6 is 0 Å². The van der Waals surface area contributed by atoms with Gasteiger partial charge in [0.05, 0.1) is 19.6 Å². The van der Waals surface area contributed by atoms with E-state index in [1.54, 1.807) is 14.2 Å². The summed E-state index contributed by atoms with van der Waals surface area (Å²) in [5, 5.41) is 0. The summed E-state index contributed by atoms with van der Waals surface area (Å²) in [6.45, 7) is 5.48. The molecule has 1 unspecified atom stereocenters. The van der Waals surface area contributed by atoms with Gasteiger partial charge in [-0.1, -0.05) is 18.7 Å². The monoisotopic (exact) mass is 327 g/mol. The lowest BCUT2D eigenvalue weighted by atomic mass is 9.61. The fraction of sp³-hybridized carbons (Fsp3) is 0.500. The molecule has 3 atom stereocenters. The van der Waals surface area contributed by atoms with Gasteiger partial charge in [-0.15, -0.1) is 0 Å². The van der Waals surface area contributed by atoms with E-state index >= 15 is 0 Å². The molecule has 4 heteroatoms. The predicted molar refractivity (Wildman–Crippen MR) is 93.1 cm³/mol. The van der Waals surface area contributed by atoms with E-state index in [2.05, 4.69) is 36.8 Å². The van der Waals surface area contributed by atoms with Crippen LogP contribution in [0.3, 0.4) is 0 Å². The van der Waals surface area contributed by atoms with E-state index in [1.807, 2.05) is 6.08 Å². The molecule has 2 fully saturated rings. The SMILES string of the molecule is C=C1/C2=C(OC)\C=C/CCC3C4=CC=C(OC)[C@H](O2)[C@]14CCN3C. The minimum atomic E-state index is -0.207. The van der Waals surface area contributed by atoms with Crippen LogP contribution in [0.25, 0.3) is 0 Å². The van der Waals surface area contributed by atoms with Crippen LogP contribution in [0.15, 0.2) is 59.3 Å². The number of methoxy groups -OCH3 is 2. The molecular formula is C20H25NO3. The third kappa shape index (κ3) is 1.89. The van der Waals surface area contributed by atoms with Crippen LogP contribution in [0.1, 0.15) is 19.3 Å². The summed E-state index contributed by atoms with van der Waals surface area (Å²) in [7, 11) is 5.62. The molecule has 2 aliphatic carbocycles. The summed E-state index contributed by atoms with van der Waals surface area (Å²) in [4.78, 5) is 2.46. The van der Waals surface area contributed by atoms with E-state index in [9.17, 15) is 0 Å². The van der Waals surface area contributed by atoms with Gasteiger partial charge in [0.15, 0.2) is 17.6 Å². The zero-order valence-corrected chi connectivity index (χ0v) is 14.7. The third-order valence-electron chi connectivity index (χ3n) is 6.00. The quantitative estimate of drug-likeness (QED) is 0.778. The highest BCUT2D eigenvalue weighted by Crippen LogP contribution is 2.60. The van der Waals surface area contributed by atoms with Crippen molar-refractivity contribution in [3.63, 3.8) is 0 Å². The predicted octanol–water partition coefficient (Wildman–Crippen LogP) is 3.31. The van der Waals surface area contributed by atoms with Crippen LogP contribution in [-0.4, -0.2) is 44.9 Å².